The van der Waals surface area contributed by atoms with Gasteiger partial charge in [0.2, 0.25) is 5.95 Å². The summed E-state index contributed by atoms with van der Waals surface area (Å²) in [5.41, 5.74) is 5.13. The maximum Gasteiger partial charge on any atom is 0.213 e. The van der Waals surface area contributed by atoms with E-state index < -0.39 is 5.95 Å². The van der Waals surface area contributed by atoms with Gasteiger partial charge in [-0.2, -0.15) is 4.39 Å². The van der Waals surface area contributed by atoms with Gasteiger partial charge in [0.15, 0.2) is 0 Å². The first-order valence-corrected chi connectivity index (χ1v) is 7.54. The van der Waals surface area contributed by atoms with Gasteiger partial charge in [-0.3, -0.25) is 4.98 Å². The summed E-state index contributed by atoms with van der Waals surface area (Å²) in [6.45, 7) is 3.18. The maximum atomic E-state index is 13.0. The lowest BCUT2D eigenvalue weighted by molar-refractivity contribution is 0.578. The van der Waals surface area contributed by atoms with Crippen LogP contribution in [0.2, 0.25) is 0 Å². The SMILES string of the molecule is Cc1cc(F)ncc1CNCc1ccc(-c2ccccc2)cn1. The van der Waals surface area contributed by atoms with Crippen molar-refractivity contribution in [2.45, 2.75) is 20.0 Å². The summed E-state index contributed by atoms with van der Waals surface area (Å²) in [5, 5.41) is 3.31. The Kier molecular flexibility index (Phi) is 4.74. The van der Waals surface area contributed by atoms with Crippen LogP contribution in [-0.4, -0.2) is 9.97 Å². The van der Waals surface area contributed by atoms with Gasteiger partial charge >= 0.3 is 0 Å². The topological polar surface area (TPSA) is 37.8 Å². The van der Waals surface area contributed by atoms with E-state index in [0.717, 1.165) is 27.9 Å². The van der Waals surface area contributed by atoms with Crippen LogP contribution in [0.3, 0.4) is 0 Å². The minimum absolute atomic E-state index is 0.440. The fraction of sp³-hybridized carbons (Fsp3) is 0.158. The molecular formula is C19H18FN3. The summed E-state index contributed by atoms with van der Waals surface area (Å²) >= 11 is 0. The minimum atomic E-state index is -0.440. The Hall–Kier alpha value is -2.59. The third-order valence-electron chi connectivity index (χ3n) is 3.74. The Morgan fingerprint density at radius 1 is 0.913 bits per heavy atom. The van der Waals surface area contributed by atoms with Gasteiger partial charge in [-0.25, -0.2) is 4.98 Å². The summed E-state index contributed by atoms with van der Waals surface area (Å²) in [6, 6.07) is 15.7. The number of hydrogen-bond donors (Lipinski definition) is 1. The molecule has 0 saturated heterocycles. The van der Waals surface area contributed by atoms with E-state index in [2.05, 4.69) is 33.5 Å². The summed E-state index contributed by atoms with van der Waals surface area (Å²) in [6.07, 6.45) is 3.46. The van der Waals surface area contributed by atoms with Gasteiger partial charge in [0.05, 0.1) is 5.69 Å². The van der Waals surface area contributed by atoms with Gasteiger partial charge in [-0.05, 0) is 35.7 Å². The quantitative estimate of drug-likeness (QED) is 0.727. The summed E-state index contributed by atoms with van der Waals surface area (Å²) in [7, 11) is 0. The molecule has 1 aromatic carbocycles. The van der Waals surface area contributed by atoms with Gasteiger partial charge in [0.25, 0.3) is 0 Å². The first-order chi connectivity index (χ1) is 11.2. The smallest absolute Gasteiger partial charge is 0.213 e. The fourth-order valence-electron chi connectivity index (χ4n) is 2.39. The second-order valence-corrected chi connectivity index (χ2v) is 5.44. The minimum Gasteiger partial charge on any atom is -0.307 e. The number of rotatable bonds is 5. The van der Waals surface area contributed by atoms with Crippen molar-refractivity contribution < 1.29 is 4.39 Å². The molecule has 3 rings (SSSR count). The van der Waals surface area contributed by atoms with Crippen molar-refractivity contribution in [2.75, 3.05) is 0 Å². The Morgan fingerprint density at radius 3 is 2.43 bits per heavy atom. The highest BCUT2D eigenvalue weighted by Gasteiger charge is 2.02. The van der Waals surface area contributed by atoms with Crippen molar-refractivity contribution >= 4 is 0 Å². The standard InChI is InChI=1S/C19H18FN3/c1-14-9-19(20)23-12-17(14)10-21-13-18-8-7-16(11-22-18)15-5-3-2-4-6-15/h2-9,11-12,21H,10,13H2,1H3. The molecule has 0 fully saturated rings. The lowest BCUT2D eigenvalue weighted by Crippen LogP contribution is -2.14. The molecule has 0 radical (unpaired) electrons. The van der Waals surface area contributed by atoms with Crippen LogP contribution in [0.1, 0.15) is 16.8 Å². The van der Waals surface area contributed by atoms with Crippen molar-refractivity contribution in [3.8, 4) is 11.1 Å². The van der Waals surface area contributed by atoms with E-state index in [0.29, 0.717) is 13.1 Å². The summed E-state index contributed by atoms with van der Waals surface area (Å²) in [4.78, 5) is 8.17. The number of nitrogens with zero attached hydrogens (tertiary/aromatic N) is 2. The number of nitrogens with one attached hydrogen (secondary N) is 1. The highest BCUT2D eigenvalue weighted by molar-refractivity contribution is 5.62. The number of aromatic nitrogens is 2. The van der Waals surface area contributed by atoms with Gasteiger partial charge in [-0.15, -0.1) is 0 Å². The van der Waals surface area contributed by atoms with Crippen LogP contribution in [0.5, 0.6) is 0 Å². The Bertz CT molecular complexity index is 770. The maximum absolute atomic E-state index is 13.0. The molecule has 0 atom stereocenters. The van der Waals surface area contributed by atoms with Crippen molar-refractivity contribution in [2.24, 2.45) is 0 Å². The average Bonchev–Trinajstić information content (AvgIpc) is 2.58. The van der Waals surface area contributed by atoms with Crippen LogP contribution in [-0.2, 0) is 13.1 Å². The third-order valence-corrected chi connectivity index (χ3v) is 3.74. The highest BCUT2D eigenvalue weighted by Crippen LogP contribution is 2.17. The molecule has 0 aliphatic carbocycles. The predicted molar refractivity (Wildman–Crippen MR) is 89.1 cm³/mol. The monoisotopic (exact) mass is 307 g/mol. The van der Waals surface area contributed by atoms with E-state index in [1.165, 1.54) is 6.07 Å². The van der Waals surface area contributed by atoms with Crippen molar-refractivity contribution in [1.82, 2.24) is 15.3 Å². The second kappa shape index (κ2) is 7.11. The Balaban J connectivity index is 1.59. The highest BCUT2D eigenvalue weighted by atomic mass is 19.1. The molecule has 1 N–H and O–H groups in total. The number of hydrogen-bond acceptors (Lipinski definition) is 3. The van der Waals surface area contributed by atoms with Crippen LogP contribution in [0.15, 0.2) is 60.9 Å². The molecule has 0 spiro atoms. The molecule has 2 aromatic heterocycles. The molecule has 0 aliphatic rings. The Labute approximate surface area is 135 Å². The molecule has 23 heavy (non-hydrogen) atoms. The zero-order valence-electron chi connectivity index (χ0n) is 13.0. The molecule has 0 bridgehead atoms. The molecule has 3 nitrogen and oxygen atoms in total. The first-order valence-electron chi connectivity index (χ1n) is 7.54. The molecule has 2 heterocycles. The third kappa shape index (κ3) is 3.99. The van der Waals surface area contributed by atoms with E-state index in [-0.39, 0.29) is 0 Å². The summed E-state index contributed by atoms with van der Waals surface area (Å²) in [5.74, 6) is -0.440. The molecule has 0 saturated carbocycles. The van der Waals surface area contributed by atoms with Crippen molar-refractivity contribution in [3.63, 3.8) is 0 Å². The number of halogens is 1. The van der Waals surface area contributed by atoms with Gasteiger partial charge < -0.3 is 5.32 Å². The van der Waals surface area contributed by atoms with Crippen LogP contribution in [0.25, 0.3) is 11.1 Å². The van der Waals surface area contributed by atoms with E-state index in [1.54, 1.807) is 6.20 Å². The van der Waals surface area contributed by atoms with Crippen molar-refractivity contribution in [1.29, 1.82) is 0 Å². The normalized spacial score (nSPS) is 10.7. The largest absolute Gasteiger partial charge is 0.307 e. The van der Waals surface area contributed by atoms with Gasteiger partial charge in [-0.1, -0.05) is 36.4 Å². The fourth-order valence-corrected chi connectivity index (χ4v) is 2.39. The molecule has 116 valence electrons. The summed E-state index contributed by atoms with van der Waals surface area (Å²) < 4.78 is 13.0. The zero-order chi connectivity index (χ0) is 16.1. The molecule has 0 amide bonds. The second-order valence-electron chi connectivity index (χ2n) is 5.44. The van der Waals surface area contributed by atoms with E-state index in [9.17, 15) is 4.39 Å². The van der Waals surface area contributed by atoms with Gasteiger partial charge in [0.1, 0.15) is 0 Å². The lowest BCUT2D eigenvalue weighted by Gasteiger charge is -2.08. The van der Waals surface area contributed by atoms with Crippen LogP contribution >= 0.6 is 0 Å². The lowest BCUT2D eigenvalue weighted by atomic mass is 10.1. The first kappa shape index (κ1) is 15.3. The molecule has 3 aromatic rings. The van der Waals surface area contributed by atoms with E-state index in [1.807, 2.05) is 37.4 Å². The molecular weight excluding hydrogens is 289 g/mol. The van der Waals surface area contributed by atoms with Crippen LogP contribution < -0.4 is 5.32 Å². The number of pyridine rings is 2. The van der Waals surface area contributed by atoms with Gasteiger partial charge in [0, 0.05) is 31.0 Å². The predicted octanol–water partition coefficient (Wildman–Crippen LogP) is 3.88. The Morgan fingerprint density at radius 2 is 1.74 bits per heavy atom. The average molecular weight is 307 g/mol. The number of benzene rings is 1. The van der Waals surface area contributed by atoms with Crippen LogP contribution in [0.4, 0.5) is 4.39 Å². The molecule has 0 aliphatic heterocycles. The zero-order valence-corrected chi connectivity index (χ0v) is 13.0. The molecule has 0 unspecified atom stereocenters. The van der Waals surface area contributed by atoms with Crippen molar-refractivity contribution in [3.05, 3.63) is 83.7 Å². The van der Waals surface area contributed by atoms with E-state index in [4.69, 9.17) is 0 Å². The number of aryl methyl sites for hydroxylation is 1. The van der Waals surface area contributed by atoms with E-state index >= 15 is 0 Å². The molecule has 4 heteroatoms. The van der Waals surface area contributed by atoms with Crippen LogP contribution in [0, 0.1) is 12.9 Å².